The van der Waals surface area contributed by atoms with Gasteiger partial charge in [0.25, 0.3) is 10.0 Å². The SMILES string of the molecule is CC1(C)CC(=O)C2=C(C1)N(S(=O)(=O)c1ccccc1)N(Cc1ccccc1)C2c1ccccc1. The number of allylic oxidation sites excluding steroid dienone is 1. The Kier molecular flexibility index (Phi) is 5.66. The van der Waals surface area contributed by atoms with Crippen molar-refractivity contribution < 1.29 is 13.2 Å². The van der Waals surface area contributed by atoms with Gasteiger partial charge in [-0.2, -0.15) is 17.8 Å². The van der Waals surface area contributed by atoms with Crippen molar-refractivity contribution in [3.63, 3.8) is 0 Å². The highest BCUT2D eigenvalue weighted by atomic mass is 32.2. The second-order valence-corrected chi connectivity index (χ2v) is 11.5. The Labute approximate surface area is 201 Å². The molecule has 1 atom stereocenters. The van der Waals surface area contributed by atoms with Crippen molar-refractivity contribution in [1.29, 1.82) is 0 Å². The van der Waals surface area contributed by atoms with Crippen molar-refractivity contribution in [2.45, 2.75) is 44.2 Å². The predicted molar refractivity (Wildman–Crippen MR) is 132 cm³/mol. The van der Waals surface area contributed by atoms with Crippen LogP contribution in [0.1, 0.15) is 43.9 Å². The number of carbonyl (C=O) groups excluding carboxylic acids is 1. The highest BCUT2D eigenvalue weighted by molar-refractivity contribution is 7.89. The summed E-state index contributed by atoms with van der Waals surface area (Å²) in [6, 6.07) is 27.5. The largest absolute Gasteiger partial charge is 0.294 e. The third-order valence-electron chi connectivity index (χ3n) is 6.50. The van der Waals surface area contributed by atoms with E-state index in [0.29, 0.717) is 30.7 Å². The minimum Gasteiger partial charge on any atom is -0.294 e. The molecule has 0 aromatic heterocycles. The van der Waals surface area contributed by atoms with E-state index >= 15 is 0 Å². The molecule has 3 aromatic rings. The van der Waals surface area contributed by atoms with E-state index in [0.717, 1.165) is 11.1 Å². The van der Waals surface area contributed by atoms with Crippen molar-refractivity contribution in [2.75, 3.05) is 0 Å². The van der Waals surface area contributed by atoms with Gasteiger partial charge >= 0.3 is 0 Å². The predicted octanol–water partition coefficient (Wildman–Crippen LogP) is 5.49. The van der Waals surface area contributed by atoms with Crippen molar-refractivity contribution in [3.05, 3.63) is 113 Å². The molecule has 0 amide bonds. The average Bonchev–Trinajstić information content (AvgIpc) is 3.14. The van der Waals surface area contributed by atoms with Gasteiger partial charge in [-0.1, -0.05) is 92.7 Å². The Balaban J connectivity index is 1.74. The highest BCUT2D eigenvalue weighted by Gasteiger charge is 2.51. The van der Waals surface area contributed by atoms with Crippen LogP contribution in [0.15, 0.2) is 107 Å². The number of sulfonamides is 1. The molecular weight excluding hydrogens is 444 g/mol. The maximum Gasteiger partial charge on any atom is 0.277 e. The van der Waals surface area contributed by atoms with E-state index in [2.05, 4.69) is 0 Å². The lowest BCUT2D eigenvalue weighted by Gasteiger charge is -2.36. The van der Waals surface area contributed by atoms with Gasteiger partial charge in [0.15, 0.2) is 5.78 Å². The molecule has 0 saturated carbocycles. The van der Waals surface area contributed by atoms with Gasteiger partial charge in [0, 0.05) is 18.5 Å². The normalized spacial score (nSPS) is 20.5. The summed E-state index contributed by atoms with van der Waals surface area (Å²) >= 11 is 0. The third-order valence-corrected chi connectivity index (χ3v) is 8.26. The van der Waals surface area contributed by atoms with Crippen LogP contribution in [-0.4, -0.2) is 23.6 Å². The van der Waals surface area contributed by atoms with Gasteiger partial charge in [0.05, 0.1) is 16.6 Å². The zero-order valence-corrected chi connectivity index (χ0v) is 20.2. The minimum absolute atomic E-state index is 0.0175. The number of hydrogen-bond donors (Lipinski definition) is 0. The molecule has 1 aliphatic carbocycles. The van der Waals surface area contributed by atoms with Crippen LogP contribution in [-0.2, 0) is 21.4 Å². The Bertz CT molecular complexity index is 1330. The average molecular weight is 473 g/mol. The Hall–Kier alpha value is -3.22. The first kappa shape index (κ1) is 22.6. The molecule has 174 valence electrons. The number of hydrogen-bond acceptors (Lipinski definition) is 4. The first-order chi connectivity index (χ1) is 16.3. The molecule has 0 saturated heterocycles. The van der Waals surface area contributed by atoms with E-state index in [1.165, 1.54) is 4.41 Å². The fraction of sp³-hybridized carbons (Fsp3) is 0.250. The molecule has 3 aromatic carbocycles. The molecule has 2 aliphatic rings. The van der Waals surface area contributed by atoms with E-state index < -0.39 is 16.1 Å². The number of hydrazine groups is 1. The number of nitrogens with zero attached hydrogens (tertiary/aromatic N) is 2. The lowest BCUT2D eigenvalue weighted by atomic mass is 9.74. The lowest BCUT2D eigenvalue weighted by molar-refractivity contribution is -0.118. The van der Waals surface area contributed by atoms with Crippen LogP contribution >= 0.6 is 0 Å². The summed E-state index contributed by atoms with van der Waals surface area (Å²) in [6.45, 7) is 4.41. The van der Waals surface area contributed by atoms with Gasteiger partial charge in [-0.25, -0.2) is 0 Å². The Morgan fingerprint density at radius 1 is 0.824 bits per heavy atom. The summed E-state index contributed by atoms with van der Waals surface area (Å²) in [5, 5.41) is 1.86. The van der Waals surface area contributed by atoms with Crippen molar-refractivity contribution in [3.8, 4) is 0 Å². The van der Waals surface area contributed by atoms with Gasteiger partial charge in [-0.3, -0.25) is 4.79 Å². The van der Waals surface area contributed by atoms with Gasteiger partial charge in [-0.05, 0) is 35.1 Å². The summed E-state index contributed by atoms with van der Waals surface area (Å²) in [4.78, 5) is 13.8. The number of carbonyl (C=O) groups is 1. The van der Waals surface area contributed by atoms with Crippen LogP contribution in [0.3, 0.4) is 0 Å². The van der Waals surface area contributed by atoms with E-state index in [-0.39, 0.29) is 16.1 Å². The zero-order valence-electron chi connectivity index (χ0n) is 19.4. The van der Waals surface area contributed by atoms with Gasteiger partial charge < -0.3 is 0 Å². The first-order valence-corrected chi connectivity index (χ1v) is 12.9. The molecule has 34 heavy (non-hydrogen) atoms. The standard InChI is InChI=1S/C28H28N2O3S/c1-28(2)18-24-26(25(31)19-28)27(22-14-8-4-9-15-22)29(20-21-12-6-3-7-13-21)30(24)34(32,33)23-16-10-5-11-17-23/h3-17,27H,18-20H2,1-2H3. The molecule has 0 spiro atoms. The quantitative estimate of drug-likeness (QED) is 0.493. The monoisotopic (exact) mass is 472 g/mol. The molecule has 0 radical (unpaired) electrons. The molecule has 1 unspecified atom stereocenters. The van der Waals surface area contributed by atoms with Crippen LogP contribution < -0.4 is 0 Å². The minimum atomic E-state index is -3.94. The number of Topliss-reactive ketones (excluding diaryl/α,β-unsaturated/α-hetero) is 1. The van der Waals surface area contributed by atoms with Crippen LogP contribution in [0, 0.1) is 5.41 Å². The second kappa shape index (κ2) is 8.53. The molecular formula is C28H28N2O3S. The van der Waals surface area contributed by atoms with Crippen molar-refractivity contribution in [1.82, 2.24) is 9.42 Å². The molecule has 6 heteroatoms. The number of ketones is 1. The van der Waals surface area contributed by atoms with E-state index in [4.69, 9.17) is 0 Å². The maximum atomic E-state index is 14.1. The summed E-state index contributed by atoms with van der Waals surface area (Å²) < 4.78 is 29.7. The summed E-state index contributed by atoms with van der Waals surface area (Å²) in [6.07, 6.45) is 0.905. The molecule has 0 fully saturated rings. The Morgan fingerprint density at radius 2 is 1.38 bits per heavy atom. The number of benzene rings is 3. The topological polar surface area (TPSA) is 57.7 Å². The molecule has 5 rings (SSSR count). The van der Waals surface area contributed by atoms with Crippen LogP contribution in [0.2, 0.25) is 0 Å². The highest BCUT2D eigenvalue weighted by Crippen LogP contribution is 2.51. The van der Waals surface area contributed by atoms with Crippen LogP contribution in [0.25, 0.3) is 0 Å². The van der Waals surface area contributed by atoms with E-state index in [9.17, 15) is 13.2 Å². The third kappa shape index (κ3) is 3.97. The molecule has 5 nitrogen and oxygen atoms in total. The van der Waals surface area contributed by atoms with Crippen molar-refractivity contribution in [2.24, 2.45) is 5.41 Å². The van der Waals surface area contributed by atoms with Crippen LogP contribution in [0.5, 0.6) is 0 Å². The lowest BCUT2D eigenvalue weighted by Crippen LogP contribution is -2.43. The summed E-state index contributed by atoms with van der Waals surface area (Å²) in [7, 11) is -3.94. The van der Waals surface area contributed by atoms with Gasteiger partial charge in [0.2, 0.25) is 0 Å². The van der Waals surface area contributed by atoms with Crippen molar-refractivity contribution >= 4 is 15.8 Å². The molecule has 1 aliphatic heterocycles. The molecule has 1 heterocycles. The number of rotatable bonds is 5. The fourth-order valence-electron chi connectivity index (χ4n) is 5.07. The molecule has 0 bridgehead atoms. The van der Waals surface area contributed by atoms with Crippen LogP contribution in [0.4, 0.5) is 0 Å². The van der Waals surface area contributed by atoms with E-state index in [1.807, 2.05) is 79.5 Å². The van der Waals surface area contributed by atoms with Gasteiger partial charge in [-0.15, -0.1) is 0 Å². The maximum absolute atomic E-state index is 14.1. The molecule has 0 N–H and O–H groups in total. The summed E-state index contributed by atoms with van der Waals surface area (Å²) in [5.74, 6) is 0.0175. The first-order valence-electron chi connectivity index (χ1n) is 11.5. The fourth-order valence-corrected chi connectivity index (χ4v) is 6.65. The van der Waals surface area contributed by atoms with Gasteiger partial charge in [0.1, 0.15) is 0 Å². The van der Waals surface area contributed by atoms with E-state index in [1.54, 1.807) is 30.3 Å². The Morgan fingerprint density at radius 3 is 2.00 bits per heavy atom. The smallest absolute Gasteiger partial charge is 0.277 e. The summed E-state index contributed by atoms with van der Waals surface area (Å²) in [5.41, 5.74) is 2.74. The zero-order chi connectivity index (χ0) is 23.9. The second-order valence-electron chi connectivity index (χ2n) is 9.76.